The third-order valence-electron chi connectivity index (χ3n) is 2.92. The van der Waals surface area contributed by atoms with E-state index < -0.39 is 11.7 Å². The highest BCUT2D eigenvalue weighted by Crippen LogP contribution is 2.22. The van der Waals surface area contributed by atoms with E-state index in [2.05, 4.69) is 0 Å². The molecule has 0 bridgehead atoms. The van der Waals surface area contributed by atoms with Crippen LogP contribution in [0.15, 0.2) is 42.5 Å². The van der Waals surface area contributed by atoms with E-state index in [4.69, 9.17) is 16.3 Å². The Kier molecular flexibility index (Phi) is 4.25. The standard InChI is InChI=1S/C15H13ClFNO2/c1-18(11-4-6-12(20-2)7-5-11)15(19)13-9-10(16)3-8-14(13)17/h3-9H,1-2H3. The quantitative estimate of drug-likeness (QED) is 0.862. The van der Waals surface area contributed by atoms with Gasteiger partial charge in [-0.25, -0.2) is 4.39 Å². The van der Waals surface area contributed by atoms with Gasteiger partial charge in [0.2, 0.25) is 0 Å². The van der Waals surface area contributed by atoms with Crippen molar-refractivity contribution in [3.05, 3.63) is 58.9 Å². The Morgan fingerprint density at radius 3 is 2.45 bits per heavy atom. The lowest BCUT2D eigenvalue weighted by Crippen LogP contribution is -2.27. The zero-order valence-corrected chi connectivity index (χ0v) is 11.8. The molecule has 0 aliphatic rings. The fourth-order valence-corrected chi connectivity index (χ4v) is 1.94. The van der Waals surface area contributed by atoms with Crippen molar-refractivity contribution >= 4 is 23.2 Å². The van der Waals surface area contributed by atoms with Gasteiger partial charge < -0.3 is 9.64 Å². The van der Waals surface area contributed by atoms with Gasteiger partial charge in [-0.05, 0) is 42.5 Å². The van der Waals surface area contributed by atoms with E-state index in [0.29, 0.717) is 16.5 Å². The van der Waals surface area contributed by atoms with Gasteiger partial charge in [0.05, 0.1) is 12.7 Å². The number of rotatable bonds is 3. The Balaban J connectivity index is 2.29. The predicted molar refractivity (Wildman–Crippen MR) is 77.1 cm³/mol. The number of nitrogens with zero attached hydrogens (tertiary/aromatic N) is 1. The third-order valence-corrected chi connectivity index (χ3v) is 3.16. The Hall–Kier alpha value is -2.07. The van der Waals surface area contributed by atoms with Gasteiger partial charge in [-0.3, -0.25) is 4.79 Å². The molecule has 2 aromatic rings. The lowest BCUT2D eigenvalue weighted by molar-refractivity contribution is 0.0989. The van der Waals surface area contributed by atoms with E-state index in [-0.39, 0.29) is 5.56 Å². The van der Waals surface area contributed by atoms with E-state index in [1.165, 1.54) is 23.1 Å². The molecule has 0 unspecified atom stereocenters. The highest BCUT2D eigenvalue weighted by Gasteiger charge is 2.18. The molecule has 1 amide bonds. The number of halogens is 2. The fraction of sp³-hybridized carbons (Fsp3) is 0.133. The zero-order chi connectivity index (χ0) is 14.7. The number of anilines is 1. The average Bonchev–Trinajstić information content (AvgIpc) is 2.48. The van der Waals surface area contributed by atoms with Crippen LogP contribution in [0.4, 0.5) is 10.1 Å². The number of carbonyl (C=O) groups is 1. The van der Waals surface area contributed by atoms with Crippen LogP contribution >= 0.6 is 11.6 Å². The smallest absolute Gasteiger partial charge is 0.261 e. The first kappa shape index (κ1) is 14.3. The molecule has 5 heteroatoms. The van der Waals surface area contributed by atoms with Gasteiger partial charge in [0, 0.05) is 17.8 Å². The summed E-state index contributed by atoms with van der Waals surface area (Å²) in [5.74, 6) is -0.376. The van der Waals surface area contributed by atoms with Crippen LogP contribution in [0.2, 0.25) is 5.02 Å². The number of benzene rings is 2. The van der Waals surface area contributed by atoms with Gasteiger partial charge >= 0.3 is 0 Å². The van der Waals surface area contributed by atoms with Gasteiger partial charge in [0.1, 0.15) is 11.6 Å². The molecule has 0 aliphatic heterocycles. The van der Waals surface area contributed by atoms with Crippen LogP contribution in [0.25, 0.3) is 0 Å². The Morgan fingerprint density at radius 2 is 1.85 bits per heavy atom. The maximum Gasteiger partial charge on any atom is 0.261 e. The normalized spacial score (nSPS) is 10.2. The lowest BCUT2D eigenvalue weighted by Gasteiger charge is -2.18. The molecule has 2 rings (SSSR count). The SMILES string of the molecule is COc1ccc(N(C)C(=O)c2cc(Cl)ccc2F)cc1. The van der Waals surface area contributed by atoms with Crippen LogP contribution in [0.3, 0.4) is 0 Å². The van der Waals surface area contributed by atoms with Gasteiger partial charge in [0.25, 0.3) is 5.91 Å². The monoisotopic (exact) mass is 293 g/mol. The van der Waals surface area contributed by atoms with Crippen molar-refractivity contribution < 1.29 is 13.9 Å². The summed E-state index contributed by atoms with van der Waals surface area (Å²) in [6.07, 6.45) is 0. The second-order valence-corrected chi connectivity index (χ2v) is 4.62. The van der Waals surface area contributed by atoms with Crippen LogP contribution in [0.1, 0.15) is 10.4 Å². The van der Waals surface area contributed by atoms with Crippen LogP contribution < -0.4 is 9.64 Å². The minimum Gasteiger partial charge on any atom is -0.497 e. The first-order chi connectivity index (χ1) is 9.52. The fourth-order valence-electron chi connectivity index (χ4n) is 1.77. The largest absolute Gasteiger partial charge is 0.497 e. The highest BCUT2D eigenvalue weighted by atomic mass is 35.5. The lowest BCUT2D eigenvalue weighted by atomic mass is 10.1. The molecule has 0 radical (unpaired) electrons. The molecule has 3 nitrogen and oxygen atoms in total. The molecule has 0 aliphatic carbocycles. The van der Waals surface area contributed by atoms with Crippen LogP contribution in [-0.2, 0) is 0 Å². The van der Waals surface area contributed by atoms with Crippen molar-refractivity contribution in [1.82, 2.24) is 0 Å². The number of amides is 1. The molecule has 104 valence electrons. The van der Waals surface area contributed by atoms with Crippen molar-refractivity contribution in [3.63, 3.8) is 0 Å². The molecular weight excluding hydrogens is 281 g/mol. The molecule has 0 atom stereocenters. The Morgan fingerprint density at radius 1 is 1.20 bits per heavy atom. The molecule has 0 heterocycles. The highest BCUT2D eigenvalue weighted by molar-refractivity contribution is 6.31. The van der Waals surface area contributed by atoms with Crippen molar-refractivity contribution in [2.24, 2.45) is 0 Å². The van der Waals surface area contributed by atoms with Gasteiger partial charge in [-0.2, -0.15) is 0 Å². The average molecular weight is 294 g/mol. The molecule has 0 saturated heterocycles. The van der Waals surface area contributed by atoms with Crippen LogP contribution in [0, 0.1) is 5.82 Å². The topological polar surface area (TPSA) is 29.5 Å². The first-order valence-electron chi connectivity index (χ1n) is 5.90. The van der Waals surface area contributed by atoms with Crippen molar-refractivity contribution in [2.75, 3.05) is 19.1 Å². The molecule has 0 aromatic heterocycles. The van der Waals surface area contributed by atoms with Gasteiger partial charge in [-0.1, -0.05) is 11.6 Å². The molecule has 0 fully saturated rings. The van der Waals surface area contributed by atoms with Gasteiger partial charge in [-0.15, -0.1) is 0 Å². The summed E-state index contributed by atoms with van der Waals surface area (Å²) in [5, 5.41) is 0.317. The molecule has 2 aromatic carbocycles. The van der Waals surface area contributed by atoms with Crippen LogP contribution in [-0.4, -0.2) is 20.1 Å². The van der Waals surface area contributed by atoms with Gasteiger partial charge in [0.15, 0.2) is 0 Å². The maximum atomic E-state index is 13.7. The first-order valence-corrected chi connectivity index (χ1v) is 6.28. The summed E-state index contributed by atoms with van der Waals surface area (Å²) < 4.78 is 18.7. The third kappa shape index (κ3) is 2.91. The molecule has 0 N–H and O–H groups in total. The number of carbonyl (C=O) groups excluding carboxylic acids is 1. The van der Waals surface area contributed by atoms with E-state index >= 15 is 0 Å². The second-order valence-electron chi connectivity index (χ2n) is 4.19. The summed E-state index contributed by atoms with van der Waals surface area (Å²) in [6, 6.07) is 10.8. The zero-order valence-electron chi connectivity index (χ0n) is 11.1. The number of hydrogen-bond acceptors (Lipinski definition) is 2. The number of methoxy groups -OCH3 is 1. The molecular formula is C15H13ClFNO2. The summed E-state index contributed by atoms with van der Waals surface area (Å²) in [4.78, 5) is 13.6. The Labute approximate surface area is 121 Å². The summed E-state index contributed by atoms with van der Waals surface area (Å²) >= 11 is 5.80. The minimum atomic E-state index is -0.597. The summed E-state index contributed by atoms with van der Waals surface area (Å²) in [6.45, 7) is 0. The van der Waals surface area contributed by atoms with E-state index in [1.807, 2.05) is 0 Å². The Bertz CT molecular complexity index is 628. The predicted octanol–water partition coefficient (Wildman–Crippen LogP) is 3.76. The van der Waals surface area contributed by atoms with Crippen molar-refractivity contribution in [3.8, 4) is 5.75 Å². The van der Waals surface area contributed by atoms with E-state index in [1.54, 1.807) is 38.4 Å². The van der Waals surface area contributed by atoms with Crippen LogP contribution in [0.5, 0.6) is 5.75 Å². The number of ether oxygens (including phenoxy) is 1. The second kappa shape index (κ2) is 5.92. The maximum absolute atomic E-state index is 13.7. The van der Waals surface area contributed by atoms with E-state index in [0.717, 1.165) is 0 Å². The van der Waals surface area contributed by atoms with Crippen molar-refractivity contribution in [2.45, 2.75) is 0 Å². The van der Waals surface area contributed by atoms with E-state index in [9.17, 15) is 9.18 Å². The minimum absolute atomic E-state index is 0.0594. The summed E-state index contributed by atoms with van der Waals surface area (Å²) in [7, 11) is 3.13. The molecule has 0 spiro atoms. The van der Waals surface area contributed by atoms with Crippen molar-refractivity contribution in [1.29, 1.82) is 0 Å². The molecule has 0 saturated carbocycles. The molecule has 20 heavy (non-hydrogen) atoms. The summed E-state index contributed by atoms with van der Waals surface area (Å²) in [5.41, 5.74) is 0.575. The number of hydrogen-bond donors (Lipinski definition) is 0.